The molecule has 132 valence electrons. The lowest BCUT2D eigenvalue weighted by atomic mass is 10.5. The largest absolute Gasteiger partial charge is 0.485 e. The van der Waals surface area contributed by atoms with Crippen LogP contribution in [0.15, 0.2) is 0 Å². The van der Waals surface area contributed by atoms with Crippen LogP contribution in [0.4, 0.5) is 0 Å². The zero-order valence-corrected chi connectivity index (χ0v) is 18.7. The predicted octanol–water partition coefficient (Wildman–Crippen LogP) is 4.95. The van der Waals surface area contributed by atoms with E-state index in [1.54, 1.807) is 9.00 Å². The van der Waals surface area contributed by atoms with E-state index in [0.29, 0.717) is 0 Å². The van der Waals surface area contributed by atoms with Gasteiger partial charge in [-0.25, -0.2) is 0 Å². The third-order valence-electron chi connectivity index (χ3n) is 6.42. The summed E-state index contributed by atoms with van der Waals surface area (Å²) in [5, 5.41) is 0. The van der Waals surface area contributed by atoms with Crippen molar-refractivity contribution in [3.8, 4) is 11.5 Å². The molecular weight excluding hydrogens is 336 g/mol. The fourth-order valence-electron chi connectivity index (χ4n) is 4.11. The Morgan fingerprint density at radius 3 is 1.22 bits per heavy atom. The molecule has 0 N–H and O–H groups in total. The van der Waals surface area contributed by atoms with Crippen LogP contribution in [0.3, 0.4) is 0 Å². The third kappa shape index (κ3) is 3.04. The van der Waals surface area contributed by atoms with Gasteiger partial charge < -0.3 is 9.47 Å². The van der Waals surface area contributed by atoms with Crippen molar-refractivity contribution < 1.29 is 9.47 Å². The fourth-order valence-corrected chi connectivity index (χ4v) is 16.3. The van der Waals surface area contributed by atoms with Crippen LogP contribution in [-0.4, -0.2) is 29.4 Å². The molecule has 0 spiro atoms. The SMILES string of the molecule is CC[Si](CC)(CC)c1sc([Si](CC)(CC)CC)c2c1OCCO2. The van der Waals surface area contributed by atoms with E-state index in [9.17, 15) is 0 Å². The summed E-state index contributed by atoms with van der Waals surface area (Å²) in [6.07, 6.45) is 0. The maximum atomic E-state index is 6.22. The molecule has 5 heteroatoms. The number of ether oxygens (including phenoxy) is 2. The topological polar surface area (TPSA) is 18.5 Å². The predicted molar refractivity (Wildman–Crippen MR) is 109 cm³/mol. The molecule has 0 amide bonds. The van der Waals surface area contributed by atoms with Crippen LogP contribution >= 0.6 is 11.3 Å². The van der Waals surface area contributed by atoms with Crippen molar-refractivity contribution >= 4 is 36.5 Å². The van der Waals surface area contributed by atoms with E-state index >= 15 is 0 Å². The van der Waals surface area contributed by atoms with Gasteiger partial charge in [-0.15, -0.1) is 11.3 Å². The van der Waals surface area contributed by atoms with E-state index in [1.165, 1.54) is 47.8 Å². The highest BCUT2D eigenvalue weighted by Gasteiger charge is 2.43. The highest BCUT2D eigenvalue weighted by Crippen LogP contribution is 2.40. The number of hydrogen-bond acceptors (Lipinski definition) is 3. The third-order valence-corrected chi connectivity index (χ3v) is 20.9. The van der Waals surface area contributed by atoms with Crippen molar-refractivity contribution in [3.05, 3.63) is 0 Å². The number of hydrogen-bond donors (Lipinski definition) is 0. The summed E-state index contributed by atoms with van der Waals surface area (Å²) < 4.78 is 15.7. The van der Waals surface area contributed by atoms with Crippen LogP contribution in [0.1, 0.15) is 41.5 Å². The summed E-state index contributed by atoms with van der Waals surface area (Å²) >= 11 is 2.11. The maximum Gasteiger partial charge on any atom is 0.170 e. The summed E-state index contributed by atoms with van der Waals surface area (Å²) in [5.74, 6) is 2.33. The summed E-state index contributed by atoms with van der Waals surface area (Å²) in [6.45, 7) is 15.8. The van der Waals surface area contributed by atoms with Crippen LogP contribution in [0.25, 0.3) is 0 Å². The Morgan fingerprint density at radius 1 is 0.652 bits per heavy atom. The van der Waals surface area contributed by atoms with Gasteiger partial charge in [0.05, 0.1) is 0 Å². The molecule has 1 aliphatic heterocycles. The highest BCUT2D eigenvalue weighted by molar-refractivity contribution is 7.37. The molecule has 0 saturated heterocycles. The summed E-state index contributed by atoms with van der Waals surface area (Å²) in [6, 6.07) is 7.89. The van der Waals surface area contributed by atoms with Crippen molar-refractivity contribution in [3.63, 3.8) is 0 Å². The smallest absolute Gasteiger partial charge is 0.170 e. The van der Waals surface area contributed by atoms with Crippen molar-refractivity contribution in [2.45, 2.75) is 77.8 Å². The molecule has 1 aromatic rings. The minimum absolute atomic E-state index is 0.719. The van der Waals surface area contributed by atoms with E-state index in [4.69, 9.17) is 9.47 Å². The zero-order valence-electron chi connectivity index (χ0n) is 15.9. The van der Waals surface area contributed by atoms with Gasteiger partial charge in [0.25, 0.3) is 0 Å². The average Bonchev–Trinajstić information content (AvgIpc) is 3.00. The summed E-state index contributed by atoms with van der Waals surface area (Å²) in [4.78, 5) is 0. The summed E-state index contributed by atoms with van der Waals surface area (Å²) in [7, 11) is -2.87. The number of fused-ring (bicyclic) bond motifs is 1. The minimum atomic E-state index is -1.43. The standard InChI is InChI=1S/C18H34O2SSi2/c1-7-22(8-2,9-3)17-15-16(20-14-13-19-15)18(21-17)23(10-4,11-5)12-6/h7-14H2,1-6H3. The minimum Gasteiger partial charge on any atom is -0.485 e. The van der Waals surface area contributed by atoms with E-state index in [-0.39, 0.29) is 0 Å². The Balaban J connectivity index is 2.67. The normalized spacial score (nSPS) is 15.0. The lowest BCUT2D eigenvalue weighted by Gasteiger charge is -2.29. The molecule has 0 fully saturated rings. The number of rotatable bonds is 8. The van der Waals surface area contributed by atoms with Gasteiger partial charge in [0.1, 0.15) is 29.4 Å². The molecule has 0 radical (unpaired) electrons. The van der Waals surface area contributed by atoms with Crippen molar-refractivity contribution in [2.24, 2.45) is 0 Å². The van der Waals surface area contributed by atoms with Crippen molar-refractivity contribution in [1.82, 2.24) is 0 Å². The molecule has 0 atom stereocenters. The first-order valence-corrected chi connectivity index (χ1v) is 15.6. The quantitative estimate of drug-likeness (QED) is 0.603. The van der Waals surface area contributed by atoms with Crippen LogP contribution in [-0.2, 0) is 0 Å². The molecule has 23 heavy (non-hydrogen) atoms. The van der Waals surface area contributed by atoms with Crippen molar-refractivity contribution in [2.75, 3.05) is 13.2 Å². The second-order valence-corrected chi connectivity index (χ2v) is 18.9. The lowest BCUT2D eigenvalue weighted by Crippen LogP contribution is -2.46. The molecule has 2 rings (SSSR count). The van der Waals surface area contributed by atoms with Gasteiger partial charge in [0, 0.05) is 9.00 Å². The monoisotopic (exact) mass is 370 g/mol. The van der Waals surface area contributed by atoms with Crippen molar-refractivity contribution in [1.29, 1.82) is 0 Å². The van der Waals surface area contributed by atoms with Gasteiger partial charge in [0.15, 0.2) is 11.5 Å². The highest BCUT2D eigenvalue weighted by atomic mass is 32.1. The fraction of sp³-hybridized carbons (Fsp3) is 0.778. The van der Waals surface area contributed by atoms with Gasteiger partial charge in [-0.3, -0.25) is 0 Å². The molecule has 0 aromatic carbocycles. The van der Waals surface area contributed by atoms with Gasteiger partial charge in [-0.2, -0.15) is 0 Å². The van der Waals surface area contributed by atoms with Crippen LogP contribution < -0.4 is 18.5 Å². The molecule has 0 bridgehead atoms. The zero-order chi connectivity index (χ0) is 17.1. The van der Waals surface area contributed by atoms with E-state index in [2.05, 4.69) is 52.9 Å². The molecular formula is C18H34O2SSi2. The van der Waals surface area contributed by atoms with E-state index in [0.717, 1.165) is 13.2 Å². The lowest BCUT2D eigenvalue weighted by molar-refractivity contribution is 0.176. The Hall–Kier alpha value is -0.266. The second kappa shape index (κ2) is 7.74. The van der Waals surface area contributed by atoms with Gasteiger partial charge in [0.2, 0.25) is 0 Å². The molecule has 0 saturated carbocycles. The first kappa shape index (κ1) is 19.1. The van der Waals surface area contributed by atoms with Crippen LogP contribution in [0.2, 0.25) is 36.3 Å². The summed E-state index contributed by atoms with van der Waals surface area (Å²) in [5.41, 5.74) is 0. The molecule has 1 aromatic heterocycles. The first-order chi connectivity index (χ1) is 11.1. The van der Waals surface area contributed by atoms with Gasteiger partial charge >= 0.3 is 0 Å². The van der Waals surface area contributed by atoms with Gasteiger partial charge in [-0.05, 0) is 0 Å². The Morgan fingerprint density at radius 2 is 0.957 bits per heavy atom. The average molecular weight is 371 g/mol. The molecule has 1 aliphatic rings. The Kier molecular flexibility index (Phi) is 6.42. The molecule has 0 unspecified atom stereocenters. The van der Waals surface area contributed by atoms with Crippen LogP contribution in [0.5, 0.6) is 11.5 Å². The maximum absolute atomic E-state index is 6.22. The van der Waals surface area contributed by atoms with Crippen LogP contribution in [0, 0.1) is 0 Å². The van der Waals surface area contributed by atoms with E-state index in [1.807, 2.05) is 0 Å². The molecule has 2 heterocycles. The Labute approximate surface area is 148 Å². The molecule has 2 nitrogen and oxygen atoms in total. The van der Waals surface area contributed by atoms with E-state index < -0.39 is 16.1 Å². The van der Waals surface area contributed by atoms with Gasteiger partial charge in [-0.1, -0.05) is 77.8 Å². The molecule has 0 aliphatic carbocycles. The number of thiophene rings is 1. The first-order valence-electron chi connectivity index (χ1n) is 9.51. The second-order valence-electron chi connectivity index (χ2n) is 6.80. The Bertz CT molecular complexity index is 458.